The smallest absolute Gasteiger partial charge is 0.251 e. The zero-order valence-corrected chi connectivity index (χ0v) is 18.8. The van der Waals surface area contributed by atoms with Crippen molar-refractivity contribution in [2.75, 3.05) is 18.0 Å². The highest BCUT2D eigenvalue weighted by Crippen LogP contribution is 2.50. The Morgan fingerprint density at radius 2 is 2.00 bits per heavy atom. The number of amides is 1. The second-order valence-electron chi connectivity index (χ2n) is 8.85. The Morgan fingerprint density at radius 1 is 1.16 bits per heavy atom. The van der Waals surface area contributed by atoms with Crippen LogP contribution in [0.2, 0.25) is 0 Å². The number of furan rings is 1. The minimum atomic E-state index is -0.0672. The lowest BCUT2D eigenvalue weighted by Crippen LogP contribution is -2.47. The third-order valence-corrected chi connectivity index (χ3v) is 6.88. The number of carbonyl (C=O) groups is 1. The van der Waals surface area contributed by atoms with E-state index in [1.807, 2.05) is 25.1 Å². The molecule has 5 heteroatoms. The molecule has 0 spiro atoms. The van der Waals surface area contributed by atoms with Gasteiger partial charge in [-0.15, -0.1) is 0 Å². The Labute approximate surface area is 189 Å². The van der Waals surface area contributed by atoms with Crippen molar-refractivity contribution in [1.82, 2.24) is 10.6 Å². The van der Waals surface area contributed by atoms with E-state index in [1.165, 1.54) is 29.7 Å². The third kappa shape index (κ3) is 3.82. The van der Waals surface area contributed by atoms with Crippen LogP contribution in [0.3, 0.4) is 0 Å². The van der Waals surface area contributed by atoms with Crippen LogP contribution >= 0.6 is 0 Å². The molecule has 3 aromatic rings. The molecule has 3 atom stereocenters. The van der Waals surface area contributed by atoms with E-state index in [0.29, 0.717) is 24.1 Å². The zero-order valence-electron chi connectivity index (χ0n) is 18.8. The van der Waals surface area contributed by atoms with E-state index in [2.05, 4.69) is 64.9 Å². The van der Waals surface area contributed by atoms with Crippen molar-refractivity contribution in [1.29, 1.82) is 0 Å². The molecular weight excluding hydrogens is 398 g/mol. The normalized spacial score (nSPS) is 22.2. The average Bonchev–Trinajstić information content (AvgIpc) is 3.26. The molecule has 0 bridgehead atoms. The number of fused-ring (bicyclic) bond motifs is 3. The van der Waals surface area contributed by atoms with Gasteiger partial charge in [-0.1, -0.05) is 30.3 Å². The van der Waals surface area contributed by atoms with Gasteiger partial charge in [0.15, 0.2) is 0 Å². The van der Waals surface area contributed by atoms with E-state index >= 15 is 0 Å². The number of benzene rings is 2. The Morgan fingerprint density at radius 3 is 2.75 bits per heavy atom. The highest BCUT2D eigenvalue weighted by Gasteiger charge is 2.42. The summed E-state index contributed by atoms with van der Waals surface area (Å²) >= 11 is 0. The van der Waals surface area contributed by atoms with Crippen molar-refractivity contribution < 1.29 is 9.21 Å². The molecule has 2 aromatic carbocycles. The van der Waals surface area contributed by atoms with Gasteiger partial charge < -0.3 is 20.0 Å². The molecule has 2 aliphatic heterocycles. The van der Waals surface area contributed by atoms with Gasteiger partial charge in [-0.25, -0.2) is 0 Å². The topological polar surface area (TPSA) is 57.5 Å². The summed E-state index contributed by atoms with van der Waals surface area (Å²) in [5.41, 5.74) is 4.54. The van der Waals surface area contributed by atoms with Crippen LogP contribution in [0.15, 0.2) is 65.1 Å². The number of aryl methyl sites for hydroxylation is 1. The van der Waals surface area contributed by atoms with Crippen molar-refractivity contribution in [3.05, 3.63) is 88.9 Å². The molecule has 1 aromatic heterocycles. The largest absolute Gasteiger partial charge is 0.465 e. The molecule has 32 heavy (non-hydrogen) atoms. The number of anilines is 1. The average molecular weight is 430 g/mol. The first-order chi connectivity index (χ1) is 15.7. The van der Waals surface area contributed by atoms with Gasteiger partial charge in [-0.2, -0.15) is 0 Å². The summed E-state index contributed by atoms with van der Waals surface area (Å²) in [6, 6.07) is 21.5. The molecule has 3 unspecified atom stereocenters. The molecule has 166 valence electrons. The first kappa shape index (κ1) is 20.8. The van der Waals surface area contributed by atoms with Gasteiger partial charge in [0.1, 0.15) is 11.5 Å². The fourth-order valence-corrected chi connectivity index (χ4v) is 5.48. The standard InChI is InChI=1S/C27H31N3O2/c1-3-30-24-14-12-20(27(31)29-17-21-13-11-18(2)32-21)16-23(24)25-22(10-7-15-28-25)26(30)19-8-5-4-6-9-19/h4-6,8-9,11-14,16,22,25-26,28H,3,7,10,15,17H2,1-2H3,(H,29,31). The third-order valence-electron chi connectivity index (χ3n) is 6.88. The fraction of sp³-hybridized carbons (Fsp3) is 0.370. The number of nitrogens with one attached hydrogen (secondary N) is 2. The second-order valence-corrected chi connectivity index (χ2v) is 8.85. The van der Waals surface area contributed by atoms with E-state index in [1.54, 1.807) is 0 Å². The molecule has 1 amide bonds. The molecule has 5 rings (SSSR count). The lowest BCUT2D eigenvalue weighted by atomic mass is 9.74. The Bertz CT molecular complexity index is 1090. The summed E-state index contributed by atoms with van der Waals surface area (Å²) in [4.78, 5) is 15.4. The van der Waals surface area contributed by atoms with Crippen molar-refractivity contribution in [3.8, 4) is 0 Å². The van der Waals surface area contributed by atoms with Crippen LogP contribution in [0.4, 0.5) is 5.69 Å². The van der Waals surface area contributed by atoms with Crippen LogP contribution in [0.1, 0.15) is 64.9 Å². The molecule has 0 saturated carbocycles. The summed E-state index contributed by atoms with van der Waals surface area (Å²) in [6.07, 6.45) is 2.36. The lowest BCUT2D eigenvalue weighted by molar-refractivity contribution is 0.0947. The minimum absolute atomic E-state index is 0.0672. The van der Waals surface area contributed by atoms with Crippen LogP contribution in [-0.2, 0) is 6.54 Å². The number of nitrogens with zero attached hydrogens (tertiary/aromatic N) is 1. The maximum Gasteiger partial charge on any atom is 0.251 e. The first-order valence-corrected chi connectivity index (χ1v) is 11.7. The molecule has 5 nitrogen and oxygen atoms in total. The van der Waals surface area contributed by atoms with Crippen molar-refractivity contribution in [2.45, 2.75) is 45.3 Å². The molecule has 0 aliphatic carbocycles. The van der Waals surface area contributed by atoms with E-state index in [9.17, 15) is 4.79 Å². The predicted octanol–water partition coefficient (Wildman–Crippen LogP) is 5.14. The van der Waals surface area contributed by atoms with Crippen LogP contribution in [0, 0.1) is 12.8 Å². The molecule has 3 heterocycles. The minimum Gasteiger partial charge on any atom is -0.465 e. The molecule has 0 radical (unpaired) electrons. The van der Waals surface area contributed by atoms with Crippen LogP contribution in [0.5, 0.6) is 0 Å². The summed E-state index contributed by atoms with van der Waals surface area (Å²) in [6.45, 7) is 6.47. The lowest BCUT2D eigenvalue weighted by Gasteiger charge is -2.50. The Hall–Kier alpha value is -3.05. The van der Waals surface area contributed by atoms with Crippen molar-refractivity contribution in [3.63, 3.8) is 0 Å². The van der Waals surface area contributed by atoms with Gasteiger partial charge in [0, 0.05) is 29.8 Å². The molecule has 1 saturated heterocycles. The number of hydrogen-bond donors (Lipinski definition) is 2. The van der Waals surface area contributed by atoms with Gasteiger partial charge >= 0.3 is 0 Å². The summed E-state index contributed by atoms with van der Waals surface area (Å²) in [7, 11) is 0. The Kier molecular flexibility index (Phi) is 5.75. The summed E-state index contributed by atoms with van der Waals surface area (Å²) < 4.78 is 5.58. The Balaban J connectivity index is 1.47. The monoisotopic (exact) mass is 429 g/mol. The first-order valence-electron chi connectivity index (χ1n) is 11.7. The molecule has 2 aliphatic rings. The zero-order chi connectivity index (χ0) is 22.1. The van der Waals surface area contributed by atoms with Crippen LogP contribution < -0.4 is 15.5 Å². The molecular formula is C27H31N3O2. The highest BCUT2D eigenvalue weighted by molar-refractivity contribution is 5.95. The van der Waals surface area contributed by atoms with Crippen molar-refractivity contribution >= 4 is 11.6 Å². The second kappa shape index (κ2) is 8.83. The maximum atomic E-state index is 12.9. The summed E-state index contributed by atoms with van der Waals surface area (Å²) in [5, 5.41) is 6.78. The predicted molar refractivity (Wildman–Crippen MR) is 127 cm³/mol. The van der Waals surface area contributed by atoms with Crippen molar-refractivity contribution in [2.24, 2.45) is 5.92 Å². The number of carbonyl (C=O) groups excluding carboxylic acids is 1. The quantitative estimate of drug-likeness (QED) is 0.590. The van der Waals surface area contributed by atoms with Gasteiger partial charge in [-0.3, -0.25) is 4.79 Å². The molecule has 1 fully saturated rings. The highest BCUT2D eigenvalue weighted by atomic mass is 16.3. The number of hydrogen-bond acceptors (Lipinski definition) is 4. The van der Waals surface area contributed by atoms with Crippen LogP contribution in [0.25, 0.3) is 0 Å². The molecule has 2 N–H and O–H groups in total. The van der Waals surface area contributed by atoms with Gasteiger partial charge in [-0.05, 0) is 74.7 Å². The summed E-state index contributed by atoms with van der Waals surface area (Å²) in [5.74, 6) is 2.03. The van der Waals surface area contributed by atoms with Crippen LogP contribution in [-0.4, -0.2) is 19.0 Å². The fourth-order valence-electron chi connectivity index (χ4n) is 5.48. The van der Waals surface area contributed by atoms with E-state index in [4.69, 9.17) is 4.42 Å². The maximum absolute atomic E-state index is 12.9. The van der Waals surface area contributed by atoms with Gasteiger partial charge in [0.2, 0.25) is 0 Å². The van der Waals surface area contributed by atoms with E-state index in [0.717, 1.165) is 24.6 Å². The SMILES string of the molecule is CCN1c2ccc(C(=O)NCc3ccc(C)o3)cc2C2NCCCC2C1c1ccccc1. The number of piperidine rings is 1. The number of rotatable bonds is 5. The van der Waals surface area contributed by atoms with Gasteiger partial charge in [0.05, 0.1) is 12.6 Å². The van der Waals surface area contributed by atoms with E-state index in [-0.39, 0.29) is 11.9 Å². The van der Waals surface area contributed by atoms with Gasteiger partial charge in [0.25, 0.3) is 5.91 Å². The van der Waals surface area contributed by atoms with E-state index < -0.39 is 0 Å².